The van der Waals surface area contributed by atoms with Crippen molar-refractivity contribution in [2.75, 3.05) is 7.11 Å². The molecule has 4 heteroatoms. The molecule has 0 aliphatic rings. The third-order valence-electron chi connectivity index (χ3n) is 1.55. The quantitative estimate of drug-likeness (QED) is 0.604. The molecule has 0 unspecified atom stereocenters. The minimum Gasteiger partial charge on any atom is -0.452 e. The van der Waals surface area contributed by atoms with Crippen LogP contribution in [0.2, 0.25) is 0 Å². The van der Waals surface area contributed by atoms with E-state index in [1.54, 1.807) is 0 Å². The van der Waals surface area contributed by atoms with Gasteiger partial charge in [-0.05, 0) is 12.8 Å². The van der Waals surface area contributed by atoms with E-state index in [0.29, 0.717) is 6.04 Å². The summed E-state index contributed by atoms with van der Waals surface area (Å²) in [5.41, 5.74) is 5.27. The lowest BCUT2D eigenvalue weighted by Gasteiger charge is -2.14. The summed E-state index contributed by atoms with van der Waals surface area (Å²) in [6.07, 6.45) is 1.53. The van der Waals surface area contributed by atoms with Crippen molar-refractivity contribution in [1.29, 1.82) is 0 Å². The summed E-state index contributed by atoms with van der Waals surface area (Å²) in [7, 11) is 1.34. The molecule has 2 N–H and O–H groups in total. The molecular weight excluding hydrogens is 144 g/mol. The average Bonchev–Trinajstić information content (AvgIpc) is 2.06. The zero-order valence-electron chi connectivity index (χ0n) is 7.31. The fourth-order valence-corrected chi connectivity index (χ4v) is 0.705. The molecule has 1 amide bonds. The number of carbonyl (C=O) groups is 1. The second kappa shape index (κ2) is 5.97. The largest absolute Gasteiger partial charge is 0.452 e. The average molecular weight is 160 g/mol. The van der Waals surface area contributed by atoms with Crippen LogP contribution in [0.5, 0.6) is 0 Å². The molecule has 11 heavy (non-hydrogen) atoms. The summed E-state index contributed by atoms with van der Waals surface area (Å²) >= 11 is 0. The maximum absolute atomic E-state index is 10.6. The van der Waals surface area contributed by atoms with Crippen LogP contribution >= 0.6 is 0 Å². The summed E-state index contributed by atoms with van der Waals surface area (Å²) in [6, 6.07) is 0.328. The number of hydrogen-bond donors (Lipinski definition) is 2. The van der Waals surface area contributed by atoms with Crippen LogP contribution in [-0.4, -0.2) is 19.2 Å². The van der Waals surface area contributed by atoms with Gasteiger partial charge in [0.2, 0.25) is 0 Å². The van der Waals surface area contributed by atoms with Gasteiger partial charge in [0.05, 0.1) is 7.11 Å². The first-order chi connectivity index (χ1) is 5.24. The van der Waals surface area contributed by atoms with E-state index < -0.39 is 6.09 Å². The van der Waals surface area contributed by atoms with Crippen molar-refractivity contribution in [2.45, 2.75) is 32.7 Å². The van der Waals surface area contributed by atoms with Gasteiger partial charge in [-0.2, -0.15) is 0 Å². The molecule has 0 aromatic carbocycles. The van der Waals surface area contributed by atoms with Crippen LogP contribution in [0.1, 0.15) is 26.7 Å². The van der Waals surface area contributed by atoms with Gasteiger partial charge in [0.25, 0.3) is 0 Å². The highest BCUT2D eigenvalue weighted by molar-refractivity contribution is 5.66. The van der Waals surface area contributed by atoms with Gasteiger partial charge in [0, 0.05) is 6.04 Å². The molecule has 0 radical (unpaired) electrons. The Morgan fingerprint density at radius 2 is 2.00 bits per heavy atom. The highest BCUT2D eigenvalue weighted by atomic mass is 16.5. The number of methoxy groups -OCH3 is 1. The third kappa shape index (κ3) is 4.61. The van der Waals surface area contributed by atoms with Gasteiger partial charge >= 0.3 is 6.09 Å². The van der Waals surface area contributed by atoms with Crippen LogP contribution in [0, 0.1) is 0 Å². The SMILES string of the molecule is CCC(CC)NNC(=O)OC. The monoisotopic (exact) mass is 160 g/mol. The summed E-state index contributed by atoms with van der Waals surface area (Å²) in [6.45, 7) is 4.11. The molecular formula is C7H16N2O2. The van der Waals surface area contributed by atoms with Crippen LogP contribution in [0.4, 0.5) is 4.79 Å². The topological polar surface area (TPSA) is 50.4 Å². The van der Waals surface area contributed by atoms with Crippen LogP contribution in [0.15, 0.2) is 0 Å². The number of carbonyl (C=O) groups excluding carboxylic acids is 1. The number of amides is 1. The maximum Gasteiger partial charge on any atom is 0.421 e. The first kappa shape index (κ1) is 10.2. The van der Waals surface area contributed by atoms with Gasteiger partial charge in [-0.3, -0.25) is 5.43 Å². The van der Waals surface area contributed by atoms with Gasteiger partial charge in [0.1, 0.15) is 0 Å². The van der Waals surface area contributed by atoms with Crippen molar-refractivity contribution in [2.24, 2.45) is 0 Å². The molecule has 0 heterocycles. The predicted molar refractivity (Wildman–Crippen MR) is 43.0 cm³/mol. The second-order valence-corrected chi connectivity index (χ2v) is 2.27. The summed E-state index contributed by atoms with van der Waals surface area (Å²) < 4.78 is 4.38. The van der Waals surface area contributed by atoms with E-state index in [1.807, 2.05) is 0 Å². The molecule has 0 atom stereocenters. The van der Waals surface area contributed by atoms with E-state index in [-0.39, 0.29) is 0 Å². The van der Waals surface area contributed by atoms with Crippen LogP contribution < -0.4 is 10.9 Å². The van der Waals surface area contributed by atoms with E-state index in [1.165, 1.54) is 7.11 Å². The lowest BCUT2D eigenvalue weighted by molar-refractivity contribution is 0.162. The van der Waals surface area contributed by atoms with Crippen LogP contribution in [0.25, 0.3) is 0 Å². The first-order valence-corrected chi connectivity index (χ1v) is 3.84. The van der Waals surface area contributed by atoms with Crippen molar-refractivity contribution >= 4 is 6.09 Å². The Bertz CT molecular complexity index is 113. The van der Waals surface area contributed by atoms with Crippen molar-refractivity contribution in [3.05, 3.63) is 0 Å². The molecule has 0 spiro atoms. The predicted octanol–water partition coefficient (Wildman–Crippen LogP) is 1.04. The van der Waals surface area contributed by atoms with E-state index in [0.717, 1.165) is 12.8 Å². The molecule has 0 saturated heterocycles. The fourth-order valence-electron chi connectivity index (χ4n) is 0.705. The van der Waals surface area contributed by atoms with Crippen molar-refractivity contribution in [3.63, 3.8) is 0 Å². The van der Waals surface area contributed by atoms with Crippen LogP contribution in [0.3, 0.4) is 0 Å². The Kier molecular flexibility index (Phi) is 5.56. The normalized spacial score (nSPS) is 9.82. The molecule has 0 fully saturated rings. The van der Waals surface area contributed by atoms with E-state index in [9.17, 15) is 4.79 Å². The van der Waals surface area contributed by atoms with Crippen molar-refractivity contribution in [1.82, 2.24) is 10.9 Å². The highest BCUT2D eigenvalue weighted by Crippen LogP contribution is 1.93. The zero-order chi connectivity index (χ0) is 8.69. The number of ether oxygens (including phenoxy) is 1. The molecule has 0 rings (SSSR count). The zero-order valence-corrected chi connectivity index (χ0v) is 7.31. The molecule has 66 valence electrons. The summed E-state index contributed by atoms with van der Waals surface area (Å²) in [5, 5.41) is 0. The highest BCUT2D eigenvalue weighted by Gasteiger charge is 2.03. The number of hydrogen-bond acceptors (Lipinski definition) is 3. The van der Waals surface area contributed by atoms with Gasteiger partial charge in [-0.25, -0.2) is 10.2 Å². The maximum atomic E-state index is 10.6. The van der Waals surface area contributed by atoms with Gasteiger partial charge in [0.15, 0.2) is 0 Å². The van der Waals surface area contributed by atoms with E-state index in [2.05, 4.69) is 29.4 Å². The Morgan fingerprint density at radius 3 is 2.36 bits per heavy atom. The van der Waals surface area contributed by atoms with E-state index >= 15 is 0 Å². The molecule has 0 bridgehead atoms. The second-order valence-electron chi connectivity index (χ2n) is 2.27. The Morgan fingerprint density at radius 1 is 1.45 bits per heavy atom. The molecule has 0 aromatic heterocycles. The Hall–Kier alpha value is -0.770. The lowest BCUT2D eigenvalue weighted by atomic mass is 10.2. The third-order valence-corrected chi connectivity index (χ3v) is 1.55. The Balaban J connectivity index is 3.42. The van der Waals surface area contributed by atoms with Gasteiger partial charge in [-0.15, -0.1) is 0 Å². The molecule has 0 aromatic rings. The van der Waals surface area contributed by atoms with Gasteiger partial charge in [-0.1, -0.05) is 13.8 Å². The number of rotatable bonds is 4. The standard InChI is InChI=1S/C7H16N2O2/c1-4-6(5-2)8-9-7(10)11-3/h6,8H,4-5H2,1-3H3,(H,9,10). The van der Waals surface area contributed by atoms with Crippen molar-refractivity contribution in [3.8, 4) is 0 Å². The van der Waals surface area contributed by atoms with E-state index in [4.69, 9.17) is 0 Å². The minimum atomic E-state index is -0.447. The molecule has 0 saturated carbocycles. The number of nitrogens with one attached hydrogen (secondary N) is 2. The smallest absolute Gasteiger partial charge is 0.421 e. The number of hydrazine groups is 1. The lowest BCUT2D eigenvalue weighted by Crippen LogP contribution is -2.43. The van der Waals surface area contributed by atoms with Crippen molar-refractivity contribution < 1.29 is 9.53 Å². The first-order valence-electron chi connectivity index (χ1n) is 3.84. The Labute approximate surface area is 67.3 Å². The minimum absolute atomic E-state index is 0.328. The molecule has 0 aliphatic heterocycles. The van der Waals surface area contributed by atoms with Crippen LogP contribution in [-0.2, 0) is 4.74 Å². The van der Waals surface area contributed by atoms with Gasteiger partial charge < -0.3 is 4.74 Å². The summed E-state index contributed by atoms with van der Waals surface area (Å²) in [4.78, 5) is 10.6. The molecule has 0 aliphatic carbocycles. The molecule has 4 nitrogen and oxygen atoms in total. The fraction of sp³-hybridized carbons (Fsp3) is 0.857. The summed E-state index contributed by atoms with van der Waals surface area (Å²) in [5.74, 6) is 0.